The minimum absolute atomic E-state index is 0.388. The minimum atomic E-state index is -0.558. The highest BCUT2D eigenvalue weighted by Gasteiger charge is 2.38. The SMILES string of the molecule is CCCC(OC(=O)c1ccccc1)C(OC(=O)c1ccccc1)C(C)(C)C. The van der Waals surface area contributed by atoms with Crippen LogP contribution in [0.5, 0.6) is 0 Å². The average Bonchev–Trinajstić information content (AvgIpc) is 2.66. The van der Waals surface area contributed by atoms with Gasteiger partial charge in [-0.25, -0.2) is 9.59 Å². The van der Waals surface area contributed by atoms with Gasteiger partial charge in [0.2, 0.25) is 0 Å². The van der Waals surface area contributed by atoms with Crippen LogP contribution in [0.15, 0.2) is 60.7 Å². The van der Waals surface area contributed by atoms with Crippen LogP contribution in [0, 0.1) is 5.41 Å². The van der Waals surface area contributed by atoms with E-state index in [1.807, 2.05) is 39.8 Å². The van der Waals surface area contributed by atoms with Crippen molar-refractivity contribution in [2.45, 2.75) is 52.7 Å². The third-order valence-electron chi connectivity index (χ3n) is 4.28. The Bertz CT molecular complexity index is 732. The second-order valence-electron chi connectivity index (χ2n) is 7.66. The Morgan fingerprint density at radius 2 is 1.26 bits per heavy atom. The molecule has 27 heavy (non-hydrogen) atoms. The topological polar surface area (TPSA) is 52.6 Å². The van der Waals surface area contributed by atoms with E-state index < -0.39 is 24.1 Å². The number of hydrogen-bond donors (Lipinski definition) is 0. The highest BCUT2D eigenvalue weighted by molar-refractivity contribution is 5.90. The van der Waals surface area contributed by atoms with Gasteiger partial charge in [0.1, 0.15) is 12.2 Å². The van der Waals surface area contributed by atoms with Gasteiger partial charge in [0.15, 0.2) is 0 Å². The molecule has 4 nitrogen and oxygen atoms in total. The third kappa shape index (κ3) is 5.95. The Labute approximate surface area is 161 Å². The molecule has 2 rings (SSSR count). The zero-order chi connectivity index (χ0) is 19.9. The number of esters is 2. The number of ether oxygens (including phenoxy) is 2. The molecule has 144 valence electrons. The monoisotopic (exact) mass is 368 g/mol. The van der Waals surface area contributed by atoms with E-state index >= 15 is 0 Å². The van der Waals surface area contributed by atoms with E-state index in [4.69, 9.17) is 9.47 Å². The maximum Gasteiger partial charge on any atom is 0.338 e. The van der Waals surface area contributed by atoms with Crippen molar-refractivity contribution >= 4 is 11.9 Å². The summed E-state index contributed by atoms with van der Waals surface area (Å²) in [4.78, 5) is 25.2. The van der Waals surface area contributed by atoms with E-state index in [-0.39, 0.29) is 5.41 Å². The molecule has 0 N–H and O–H groups in total. The molecule has 0 bridgehead atoms. The summed E-state index contributed by atoms with van der Waals surface area (Å²) < 4.78 is 11.6. The van der Waals surface area contributed by atoms with Gasteiger partial charge < -0.3 is 9.47 Å². The van der Waals surface area contributed by atoms with Crippen molar-refractivity contribution in [2.75, 3.05) is 0 Å². The second-order valence-corrected chi connectivity index (χ2v) is 7.66. The van der Waals surface area contributed by atoms with Crippen LogP contribution in [-0.2, 0) is 9.47 Å². The lowest BCUT2D eigenvalue weighted by atomic mass is 9.84. The molecular weight excluding hydrogens is 340 g/mol. The van der Waals surface area contributed by atoms with Crippen LogP contribution in [0.25, 0.3) is 0 Å². The Hall–Kier alpha value is -2.62. The maximum atomic E-state index is 12.6. The number of rotatable bonds is 7. The highest BCUT2D eigenvalue weighted by Crippen LogP contribution is 2.30. The van der Waals surface area contributed by atoms with Crippen LogP contribution in [0.3, 0.4) is 0 Å². The fraction of sp³-hybridized carbons (Fsp3) is 0.391. The number of hydrogen-bond acceptors (Lipinski definition) is 4. The molecule has 0 amide bonds. The van der Waals surface area contributed by atoms with E-state index in [2.05, 4.69) is 0 Å². The Morgan fingerprint density at radius 1 is 0.815 bits per heavy atom. The van der Waals surface area contributed by atoms with Crippen LogP contribution >= 0.6 is 0 Å². The first kappa shape index (κ1) is 20.7. The van der Waals surface area contributed by atoms with Crippen molar-refractivity contribution in [3.63, 3.8) is 0 Å². The van der Waals surface area contributed by atoms with Crippen LogP contribution in [0.2, 0.25) is 0 Å². The summed E-state index contributed by atoms with van der Waals surface area (Å²) >= 11 is 0. The first-order valence-corrected chi connectivity index (χ1v) is 9.35. The molecular formula is C23H28O4. The van der Waals surface area contributed by atoms with Gasteiger partial charge in [0.25, 0.3) is 0 Å². The number of benzene rings is 2. The zero-order valence-electron chi connectivity index (χ0n) is 16.5. The summed E-state index contributed by atoms with van der Waals surface area (Å²) in [5.41, 5.74) is 0.582. The van der Waals surface area contributed by atoms with Gasteiger partial charge in [-0.1, -0.05) is 70.5 Å². The van der Waals surface area contributed by atoms with Crippen molar-refractivity contribution in [3.05, 3.63) is 71.8 Å². The fourth-order valence-electron chi connectivity index (χ4n) is 2.90. The lowest BCUT2D eigenvalue weighted by Gasteiger charge is -2.36. The molecule has 0 aromatic heterocycles. The molecule has 0 aliphatic rings. The molecule has 2 unspecified atom stereocenters. The van der Waals surface area contributed by atoms with Crippen LogP contribution in [-0.4, -0.2) is 24.1 Å². The summed E-state index contributed by atoms with van der Waals surface area (Å²) in [7, 11) is 0. The summed E-state index contributed by atoms with van der Waals surface area (Å²) in [5.74, 6) is -0.813. The molecule has 0 aliphatic carbocycles. The normalized spacial score (nSPS) is 13.5. The van der Waals surface area contributed by atoms with Gasteiger partial charge in [-0.15, -0.1) is 0 Å². The summed E-state index contributed by atoms with van der Waals surface area (Å²) in [6, 6.07) is 17.7. The highest BCUT2D eigenvalue weighted by atomic mass is 16.6. The van der Waals surface area contributed by atoms with Gasteiger partial charge in [0, 0.05) is 5.41 Å². The van der Waals surface area contributed by atoms with Crippen molar-refractivity contribution in [1.29, 1.82) is 0 Å². The Morgan fingerprint density at radius 3 is 1.67 bits per heavy atom. The smallest absolute Gasteiger partial charge is 0.338 e. The molecule has 2 aromatic rings. The van der Waals surface area contributed by atoms with Crippen molar-refractivity contribution in [1.82, 2.24) is 0 Å². The molecule has 0 saturated heterocycles. The first-order valence-electron chi connectivity index (χ1n) is 9.35. The molecule has 0 heterocycles. The Kier molecular flexibility index (Phi) is 7.17. The van der Waals surface area contributed by atoms with Crippen LogP contribution in [0.1, 0.15) is 61.3 Å². The Balaban J connectivity index is 2.22. The van der Waals surface area contributed by atoms with Gasteiger partial charge in [-0.3, -0.25) is 0 Å². The lowest BCUT2D eigenvalue weighted by Crippen LogP contribution is -2.44. The molecule has 4 heteroatoms. The summed E-state index contributed by atoms with van der Waals surface area (Å²) in [6.07, 6.45) is 0.346. The first-order chi connectivity index (χ1) is 12.8. The van der Waals surface area contributed by atoms with E-state index in [0.29, 0.717) is 17.5 Å². The van der Waals surface area contributed by atoms with Gasteiger partial charge in [-0.05, 0) is 30.7 Å². The quantitative estimate of drug-likeness (QED) is 0.624. The van der Waals surface area contributed by atoms with Crippen molar-refractivity contribution < 1.29 is 19.1 Å². The molecule has 2 aromatic carbocycles. The second kappa shape index (κ2) is 9.36. The molecule has 0 spiro atoms. The molecule has 0 aliphatic heterocycles. The predicted octanol–water partition coefficient (Wildman–Crippen LogP) is 5.28. The zero-order valence-corrected chi connectivity index (χ0v) is 16.5. The van der Waals surface area contributed by atoms with Crippen molar-refractivity contribution in [3.8, 4) is 0 Å². The van der Waals surface area contributed by atoms with Crippen LogP contribution < -0.4 is 0 Å². The minimum Gasteiger partial charge on any atom is -0.455 e. The summed E-state index contributed by atoms with van der Waals surface area (Å²) in [6.45, 7) is 7.96. The summed E-state index contributed by atoms with van der Waals surface area (Å²) in [5, 5.41) is 0. The number of carbonyl (C=O) groups excluding carboxylic acids is 2. The van der Waals surface area contributed by atoms with Gasteiger partial charge in [-0.2, -0.15) is 0 Å². The van der Waals surface area contributed by atoms with E-state index in [1.54, 1.807) is 48.5 Å². The lowest BCUT2D eigenvalue weighted by molar-refractivity contribution is -0.0762. The van der Waals surface area contributed by atoms with E-state index in [9.17, 15) is 9.59 Å². The number of carbonyl (C=O) groups is 2. The van der Waals surface area contributed by atoms with E-state index in [0.717, 1.165) is 6.42 Å². The molecule has 2 atom stereocenters. The van der Waals surface area contributed by atoms with Gasteiger partial charge in [0.05, 0.1) is 11.1 Å². The largest absolute Gasteiger partial charge is 0.455 e. The predicted molar refractivity (Wildman–Crippen MR) is 106 cm³/mol. The molecule has 0 radical (unpaired) electrons. The van der Waals surface area contributed by atoms with Crippen LogP contribution in [0.4, 0.5) is 0 Å². The van der Waals surface area contributed by atoms with E-state index in [1.165, 1.54) is 0 Å². The fourth-order valence-corrected chi connectivity index (χ4v) is 2.90. The third-order valence-corrected chi connectivity index (χ3v) is 4.28. The maximum absolute atomic E-state index is 12.6. The molecule has 0 fully saturated rings. The van der Waals surface area contributed by atoms with Gasteiger partial charge >= 0.3 is 11.9 Å². The standard InChI is InChI=1S/C23H28O4/c1-5-12-19(26-21(24)17-13-8-6-9-14-17)20(23(2,3)4)27-22(25)18-15-10-7-11-16-18/h6-11,13-16,19-20H,5,12H2,1-4H3. The van der Waals surface area contributed by atoms with Crippen molar-refractivity contribution in [2.24, 2.45) is 5.41 Å². The average molecular weight is 368 g/mol. The molecule has 0 saturated carbocycles.